The number of para-hydroxylation sites is 1. The predicted molar refractivity (Wildman–Crippen MR) is 80.8 cm³/mol. The Morgan fingerprint density at radius 1 is 1.32 bits per heavy atom. The lowest BCUT2D eigenvalue weighted by atomic mass is 10.1. The summed E-state index contributed by atoms with van der Waals surface area (Å²) in [5.41, 5.74) is 2.56. The van der Waals surface area contributed by atoms with Crippen molar-refractivity contribution in [2.24, 2.45) is 5.10 Å². The van der Waals surface area contributed by atoms with Gasteiger partial charge in [0.15, 0.2) is 11.5 Å². The minimum atomic E-state index is -0.777. The number of likely N-dealkylation sites (tertiary alicyclic amines) is 1. The van der Waals surface area contributed by atoms with E-state index in [1.807, 2.05) is 0 Å². The van der Waals surface area contributed by atoms with Crippen LogP contribution >= 0.6 is 0 Å². The maximum absolute atomic E-state index is 11.9. The van der Waals surface area contributed by atoms with Crippen LogP contribution in [0.2, 0.25) is 0 Å². The first-order valence-electron chi connectivity index (χ1n) is 7.11. The van der Waals surface area contributed by atoms with Crippen LogP contribution in [0.5, 0.6) is 11.5 Å². The van der Waals surface area contributed by atoms with Gasteiger partial charge in [-0.2, -0.15) is 5.10 Å². The summed E-state index contributed by atoms with van der Waals surface area (Å²) < 4.78 is 4.97. The zero-order valence-electron chi connectivity index (χ0n) is 12.4. The van der Waals surface area contributed by atoms with Crippen LogP contribution in [0.3, 0.4) is 0 Å². The molecule has 1 saturated heterocycles. The Labute approximate surface area is 128 Å². The van der Waals surface area contributed by atoms with Gasteiger partial charge >= 0.3 is 11.8 Å². The highest BCUT2D eigenvalue weighted by atomic mass is 16.5. The lowest BCUT2D eigenvalue weighted by Gasteiger charge is -2.25. The maximum atomic E-state index is 11.9. The first kappa shape index (κ1) is 15.8. The predicted octanol–water partition coefficient (Wildman–Crippen LogP) is 0.863. The van der Waals surface area contributed by atoms with Crippen LogP contribution in [0.15, 0.2) is 23.3 Å². The number of carbonyl (C=O) groups is 2. The van der Waals surface area contributed by atoms with Crippen molar-refractivity contribution in [3.63, 3.8) is 0 Å². The molecule has 1 aromatic carbocycles. The summed E-state index contributed by atoms with van der Waals surface area (Å²) in [5.74, 6) is -1.13. The topological polar surface area (TPSA) is 91.2 Å². The standard InChI is InChI=1S/C15H19N3O4/c1-22-12-7-5-6-11(13(12)19)10-16-17-14(20)15(21)18-8-3-2-4-9-18/h5-7,10,19H,2-4,8-9H2,1H3,(H,17,20)/b16-10+. The Hall–Kier alpha value is -2.57. The molecule has 7 nitrogen and oxygen atoms in total. The van der Waals surface area contributed by atoms with Crippen LogP contribution in [0.4, 0.5) is 0 Å². The van der Waals surface area contributed by atoms with Gasteiger partial charge in [0, 0.05) is 18.7 Å². The SMILES string of the molecule is COc1cccc(/C=N/NC(=O)C(=O)N2CCCCC2)c1O. The fourth-order valence-electron chi connectivity index (χ4n) is 2.26. The molecule has 22 heavy (non-hydrogen) atoms. The van der Waals surface area contributed by atoms with Gasteiger partial charge in [0.1, 0.15) is 0 Å². The van der Waals surface area contributed by atoms with Crippen LogP contribution in [0.1, 0.15) is 24.8 Å². The monoisotopic (exact) mass is 305 g/mol. The van der Waals surface area contributed by atoms with E-state index in [4.69, 9.17) is 4.74 Å². The second-order valence-corrected chi connectivity index (χ2v) is 4.95. The highest BCUT2D eigenvalue weighted by Crippen LogP contribution is 2.27. The number of amides is 2. The van der Waals surface area contributed by atoms with Crippen molar-refractivity contribution in [1.82, 2.24) is 10.3 Å². The smallest absolute Gasteiger partial charge is 0.329 e. The molecular formula is C15H19N3O4. The molecule has 0 aromatic heterocycles. The quantitative estimate of drug-likeness (QED) is 0.492. The van der Waals surface area contributed by atoms with E-state index < -0.39 is 11.8 Å². The maximum Gasteiger partial charge on any atom is 0.329 e. The Morgan fingerprint density at radius 2 is 2.05 bits per heavy atom. The Bertz CT molecular complexity index is 580. The second kappa shape index (κ2) is 7.44. The van der Waals surface area contributed by atoms with Crippen molar-refractivity contribution in [3.8, 4) is 11.5 Å². The number of benzene rings is 1. The molecule has 7 heteroatoms. The number of hydrazone groups is 1. The number of methoxy groups -OCH3 is 1. The van der Waals surface area contributed by atoms with Gasteiger partial charge in [0.05, 0.1) is 13.3 Å². The van der Waals surface area contributed by atoms with Crippen molar-refractivity contribution >= 4 is 18.0 Å². The number of phenols is 1. The third kappa shape index (κ3) is 3.75. The molecule has 0 unspecified atom stereocenters. The fourth-order valence-corrected chi connectivity index (χ4v) is 2.26. The van der Waals surface area contributed by atoms with E-state index >= 15 is 0 Å². The molecule has 2 rings (SSSR count). The van der Waals surface area contributed by atoms with Crippen LogP contribution in [-0.4, -0.2) is 48.2 Å². The van der Waals surface area contributed by atoms with E-state index in [9.17, 15) is 14.7 Å². The largest absolute Gasteiger partial charge is 0.504 e. The normalized spacial score (nSPS) is 14.9. The highest BCUT2D eigenvalue weighted by molar-refractivity contribution is 6.35. The zero-order chi connectivity index (χ0) is 15.9. The van der Waals surface area contributed by atoms with Crippen molar-refractivity contribution in [1.29, 1.82) is 0 Å². The van der Waals surface area contributed by atoms with E-state index in [0.717, 1.165) is 19.3 Å². The van der Waals surface area contributed by atoms with Gasteiger partial charge in [-0.05, 0) is 31.4 Å². The molecule has 0 aliphatic carbocycles. The first-order valence-corrected chi connectivity index (χ1v) is 7.11. The molecule has 1 fully saturated rings. The summed E-state index contributed by atoms with van der Waals surface area (Å²) in [6.07, 6.45) is 4.18. The lowest BCUT2D eigenvalue weighted by Crippen LogP contribution is -2.43. The summed E-state index contributed by atoms with van der Waals surface area (Å²) in [6.45, 7) is 1.21. The van der Waals surface area contributed by atoms with Crippen LogP contribution in [-0.2, 0) is 9.59 Å². The molecule has 0 bridgehead atoms. The number of hydrogen-bond donors (Lipinski definition) is 2. The van der Waals surface area contributed by atoms with Crippen LogP contribution in [0, 0.1) is 0 Å². The minimum Gasteiger partial charge on any atom is -0.504 e. The molecule has 0 spiro atoms. The van der Waals surface area contributed by atoms with Crippen molar-refractivity contribution in [2.75, 3.05) is 20.2 Å². The van der Waals surface area contributed by atoms with E-state index in [0.29, 0.717) is 24.4 Å². The summed E-state index contributed by atoms with van der Waals surface area (Å²) >= 11 is 0. The summed E-state index contributed by atoms with van der Waals surface area (Å²) in [5, 5.41) is 13.6. The zero-order valence-corrected chi connectivity index (χ0v) is 12.4. The summed E-state index contributed by atoms with van der Waals surface area (Å²) in [6, 6.07) is 4.89. The molecule has 2 amide bonds. The van der Waals surface area contributed by atoms with Crippen LogP contribution < -0.4 is 10.2 Å². The molecule has 0 saturated carbocycles. The molecule has 2 N–H and O–H groups in total. The van der Waals surface area contributed by atoms with Gasteiger partial charge in [-0.3, -0.25) is 9.59 Å². The highest BCUT2D eigenvalue weighted by Gasteiger charge is 2.22. The third-order valence-corrected chi connectivity index (χ3v) is 3.46. The molecule has 1 heterocycles. The molecule has 0 atom stereocenters. The average Bonchev–Trinajstić information content (AvgIpc) is 2.56. The average molecular weight is 305 g/mol. The minimum absolute atomic E-state index is 0.0784. The van der Waals surface area contributed by atoms with Gasteiger partial charge in [-0.1, -0.05) is 6.07 Å². The van der Waals surface area contributed by atoms with Gasteiger partial charge in [0.2, 0.25) is 0 Å². The van der Waals surface area contributed by atoms with Crippen molar-refractivity contribution < 1.29 is 19.4 Å². The van der Waals surface area contributed by atoms with E-state index in [2.05, 4.69) is 10.5 Å². The number of ether oxygens (including phenoxy) is 1. The number of nitrogens with one attached hydrogen (secondary N) is 1. The molecule has 1 aromatic rings. The molecule has 0 radical (unpaired) electrons. The molecule has 118 valence electrons. The number of carbonyl (C=O) groups excluding carboxylic acids is 2. The lowest BCUT2D eigenvalue weighted by molar-refractivity contribution is -0.146. The van der Waals surface area contributed by atoms with Gasteiger partial charge in [-0.15, -0.1) is 0 Å². The second-order valence-electron chi connectivity index (χ2n) is 4.95. The Balaban J connectivity index is 1.94. The number of hydrogen-bond acceptors (Lipinski definition) is 5. The van der Waals surface area contributed by atoms with Gasteiger partial charge in [-0.25, -0.2) is 5.43 Å². The van der Waals surface area contributed by atoms with E-state index in [1.54, 1.807) is 18.2 Å². The number of piperidine rings is 1. The van der Waals surface area contributed by atoms with Gasteiger partial charge < -0.3 is 14.7 Å². The van der Waals surface area contributed by atoms with Crippen molar-refractivity contribution in [2.45, 2.75) is 19.3 Å². The third-order valence-electron chi connectivity index (χ3n) is 3.46. The number of aromatic hydroxyl groups is 1. The number of nitrogens with zero attached hydrogens (tertiary/aromatic N) is 2. The van der Waals surface area contributed by atoms with E-state index in [-0.39, 0.29) is 5.75 Å². The number of rotatable bonds is 3. The summed E-state index contributed by atoms with van der Waals surface area (Å²) in [4.78, 5) is 25.1. The molecular weight excluding hydrogens is 286 g/mol. The Morgan fingerprint density at radius 3 is 2.73 bits per heavy atom. The fraction of sp³-hybridized carbons (Fsp3) is 0.400. The van der Waals surface area contributed by atoms with Crippen LogP contribution in [0.25, 0.3) is 0 Å². The Kier molecular flexibility index (Phi) is 5.35. The first-order chi connectivity index (χ1) is 10.6. The van der Waals surface area contributed by atoms with E-state index in [1.165, 1.54) is 18.2 Å². The summed E-state index contributed by atoms with van der Waals surface area (Å²) in [7, 11) is 1.44. The number of phenolic OH excluding ortho intramolecular Hbond substituents is 1. The molecule has 1 aliphatic heterocycles. The van der Waals surface area contributed by atoms with Crippen molar-refractivity contribution in [3.05, 3.63) is 23.8 Å². The van der Waals surface area contributed by atoms with Gasteiger partial charge in [0.25, 0.3) is 0 Å². The molecule has 1 aliphatic rings.